The zero-order valence-electron chi connectivity index (χ0n) is 13.4. The van der Waals surface area contributed by atoms with Crippen LogP contribution in [0.3, 0.4) is 0 Å². The summed E-state index contributed by atoms with van der Waals surface area (Å²) in [6.07, 6.45) is -2.37. The maximum Gasteiger partial charge on any atom is 0.406 e. The van der Waals surface area contributed by atoms with Gasteiger partial charge in [0.2, 0.25) is 0 Å². The second-order valence-electron chi connectivity index (χ2n) is 5.66. The number of aryl methyl sites for hydroxylation is 1. The van der Waals surface area contributed by atoms with Crippen molar-refractivity contribution in [1.82, 2.24) is 4.90 Å². The first-order chi connectivity index (χ1) is 10.8. The summed E-state index contributed by atoms with van der Waals surface area (Å²) < 4.78 is 48.8. The molecule has 0 unspecified atom stereocenters. The lowest BCUT2D eigenvalue weighted by Crippen LogP contribution is -2.48. The lowest BCUT2D eigenvalue weighted by molar-refractivity contribution is -0.147. The van der Waals surface area contributed by atoms with Crippen LogP contribution in [0.5, 0.6) is 11.5 Å². The standard InChI is InChI=1S/C16H20F3NO3/c1-10-7-13(22-2)14(23-3)8-12(10)15(21)20(9-16(17,18)19)11-5-4-6-11/h7-8,11H,4-6,9H2,1-3H3. The van der Waals surface area contributed by atoms with Gasteiger partial charge in [0.15, 0.2) is 11.5 Å². The van der Waals surface area contributed by atoms with Gasteiger partial charge in [0.05, 0.1) is 14.2 Å². The number of carbonyl (C=O) groups is 1. The number of methoxy groups -OCH3 is 2. The van der Waals surface area contributed by atoms with Crippen molar-refractivity contribution < 1.29 is 27.4 Å². The van der Waals surface area contributed by atoms with Gasteiger partial charge in [-0.2, -0.15) is 13.2 Å². The van der Waals surface area contributed by atoms with Crippen LogP contribution in [0.2, 0.25) is 0 Å². The lowest BCUT2D eigenvalue weighted by atomic mass is 9.90. The summed E-state index contributed by atoms with van der Waals surface area (Å²) in [5, 5.41) is 0. The zero-order valence-corrected chi connectivity index (χ0v) is 13.4. The molecule has 0 aromatic heterocycles. The molecule has 1 aliphatic rings. The van der Waals surface area contributed by atoms with Crippen molar-refractivity contribution in [3.8, 4) is 11.5 Å². The second kappa shape index (κ2) is 6.68. The number of hydrogen-bond acceptors (Lipinski definition) is 3. The maximum absolute atomic E-state index is 12.8. The van der Waals surface area contributed by atoms with Gasteiger partial charge in [0, 0.05) is 11.6 Å². The topological polar surface area (TPSA) is 38.8 Å². The first kappa shape index (κ1) is 17.4. The third-order valence-corrected chi connectivity index (χ3v) is 4.09. The summed E-state index contributed by atoms with van der Waals surface area (Å²) in [5.74, 6) is 0.139. The van der Waals surface area contributed by atoms with Gasteiger partial charge in [-0.15, -0.1) is 0 Å². The predicted octanol–water partition coefficient (Wildman–Crippen LogP) is 3.57. The first-order valence-electron chi connectivity index (χ1n) is 7.37. The molecule has 0 aliphatic heterocycles. The molecular formula is C16H20F3NO3. The molecule has 0 N–H and O–H groups in total. The molecule has 0 heterocycles. The number of alkyl halides is 3. The Labute approximate surface area is 133 Å². The number of ether oxygens (including phenoxy) is 2. The van der Waals surface area contributed by atoms with E-state index in [0.29, 0.717) is 29.9 Å². The Morgan fingerprint density at radius 3 is 2.22 bits per heavy atom. The highest BCUT2D eigenvalue weighted by Crippen LogP contribution is 2.34. The summed E-state index contributed by atoms with van der Waals surface area (Å²) in [4.78, 5) is 13.6. The molecule has 1 aromatic rings. The Morgan fingerprint density at radius 2 is 1.78 bits per heavy atom. The smallest absolute Gasteiger partial charge is 0.406 e. The summed E-state index contributed by atoms with van der Waals surface area (Å²) in [5.41, 5.74) is 0.762. The van der Waals surface area contributed by atoms with Crippen LogP contribution in [0.1, 0.15) is 35.2 Å². The first-order valence-corrected chi connectivity index (χ1v) is 7.37. The van der Waals surface area contributed by atoms with Gasteiger partial charge >= 0.3 is 6.18 Å². The molecule has 0 saturated heterocycles. The molecule has 7 heteroatoms. The molecule has 0 radical (unpaired) electrons. The van der Waals surface area contributed by atoms with Crippen LogP contribution in [-0.2, 0) is 0 Å². The summed E-state index contributed by atoms with van der Waals surface area (Å²) in [7, 11) is 2.88. The highest BCUT2D eigenvalue weighted by molar-refractivity contribution is 5.96. The van der Waals surface area contributed by atoms with E-state index in [1.807, 2.05) is 0 Å². The molecule has 128 valence electrons. The molecule has 1 saturated carbocycles. The van der Waals surface area contributed by atoms with E-state index in [-0.39, 0.29) is 11.6 Å². The van der Waals surface area contributed by atoms with Crippen LogP contribution in [0.25, 0.3) is 0 Å². The minimum absolute atomic E-state index is 0.207. The van der Waals surface area contributed by atoms with Crippen LogP contribution < -0.4 is 9.47 Å². The molecule has 1 fully saturated rings. The number of halogens is 3. The number of hydrogen-bond donors (Lipinski definition) is 0. The van der Waals surface area contributed by atoms with Crippen LogP contribution in [0, 0.1) is 6.92 Å². The van der Waals surface area contributed by atoms with Gasteiger partial charge in [-0.25, -0.2) is 0 Å². The number of rotatable bonds is 5. The van der Waals surface area contributed by atoms with Crippen molar-refractivity contribution in [2.45, 2.75) is 38.4 Å². The van der Waals surface area contributed by atoms with Gasteiger partial charge in [-0.1, -0.05) is 0 Å². The van der Waals surface area contributed by atoms with Crippen LogP contribution in [-0.4, -0.2) is 43.8 Å². The van der Waals surface area contributed by atoms with E-state index in [2.05, 4.69) is 0 Å². The van der Waals surface area contributed by atoms with Crippen molar-refractivity contribution in [2.24, 2.45) is 0 Å². The van der Waals surface area contributed by atoms with Gasteiger partial charge in [-0.05, 0) is 43.9 Å². The Morgan fingerprint density at radius 1 is 1.22 bits per heavy atom. The Kier molecular flexibility index (Phi) is 5.06. The molecule has 23 heavy (non-hydrogen) atoms. The molecule has 1 aromatic carbocycles. The summed E-state index contributed by atoms with van der Waals surface area (Å²) >= 11 is 0. The van der Waals surface area contributed by atoms with Crippen LogP contribution in [0.4, 0.5) is 13.2 Å². The molecule has 1 aliphatic carbocycles. The van der Waals surface area contributed by atoms with Crippen molar-refractivity contribution in [1.29, 1.82) is 0 Å². The van der Waals surface area contributed by atoms with E-state index in [9.17, 15) is 18.0 Å². The van der Waals surface area contributed by atoms with E-state index in [4.69, 9.17) is 9.47 Å². The largest absolute Gasteiger partial charge is 0.493 e. The molecule has 0 spiro atoms. The molecular weight excluding hydrogens is 311 g/mol. The second-order valence-corrected chi connectivity index (χ2v) is 5.66. The number of benzene rings is 1. The van der Waals surface area contributed by atoms with E-state index in [0.717, 1.165) is 11.3 Å². The summed E-state index contributed by atoms with van der Waals surface area (Å²) in [6, 6.07) is 2.69. The molecule has 0 bridgehead atoms. The van der Waals surface area contributed by atoms with Gasteiger partial charge in [0.1, 0.15) is 6.54 Å². The minimum atomic E-state index is -4.42. The monoisotopic (exact) mass is 331 g/mol. The van der Waals surface area contributed by atoms with Crippen molar-refractivity contribution >= 4 is 5.91 Å². The average molecular weight is 331 g/mol. The van der Waals surface area contributed by atoms with E-state index >= 15 is 0 Å². The van der Waals surface area contributed by atoms with Crippen molar-refractivity contribution in [3.63, 3.8) is 0 Å². The molecule has 0 atom stereocenters. The highest BCUT2D eigenvalue weighted by atomic mass is 19.4. The lowest BCUT2D eigenvalue weighted by Gasteiger charge is -2.38. The fraction of sp³-hybridized carbons (Fsp3) is 0.562. The van der Waals surface area contributed by atoms with E-state index in [1.165, 1.54) is 20.3 Å². The van der Waals surface area contributed by atoms with Gasteiger partial charge in [0.25, 0.3) is 5.91 Å². The van der Waals surface area contributed by atoms with Gasteiger partial charge in [-0.3, -0.25) is 4.79 Å². The third-order valence-electron chi connectivity index (χ3n) is 4.09. The minimum Gasteiger partial charge on any atom is -0.493 e. The van der Waals surface area contributed by atoms with E-state index < -0.39 is 18.6 Å². The Hall–Kier alpha value is -1.92. The SMILES string of the molecule is COc1cc(C)c(C(=O)N(CC(F)(F)F)C2CCC2)cc1OC. The fourth-order valence-electron chi connectivity index (χ4n) is 2.62. The van der Waals surface area contributed by atoms with Crippen molar-refractivity contribution in [3.05, 3.63) is 23.3 Å². The molecule has 1 amide bonds. The average Bonchev–Trinajstić information content (AvgIpc) is 2.42. The van der Waals surface area contributed by atoms with E-state index in [1.54, 1.807) is 13.0 Å². The van der Waals surface area contributed by atoms with Crippen LogP contribution >= 0.6 is 0 Å². The predicted molar refractivity (Wildman–Crippen MR) is 79.0 cm³/mol. The molecule has 4 nitrogen and oxygen atoms in total. The maximum atomic E-state index is 12.8. The number of amides is 1. The zero-order chi connectivity index (χ0) is 17.2. The summed E-state index contributed by atoms with van der Waals surface area (Å²) in [6.45, 7) is 0.437. The van der Waals surface area contributed by atoms with Crippen LogP contribution in [0.15, 0.2) is 12.1 Å². The third kappa shape index (κ3) is 3.89. The normalized spacial score (nSPS) is 15.0. The Bertz CT molecular complexity index is 583. The van der Waals surface area contributed by atoms with Gasteiger partial charge < -0.3 is 14.4 Å². The van der Waals surface area contributed by atoms with Crippen molar-refractivity contribution in [2.75, 3.05) is 20.8 Å². The number of carbonyl (C=O) groups excluding carboxylic acids is 1. The highest BCUT2D eigenvalue weighted by Gasteiger charge is 2.39. The Balaban J connectivity index is 2.35. The fourth-order valence-corrected chi connectivity index (χ4v) is 2.62. The molecule has 2 rings (SSSR count). The quantitative estimate of drug-likeness (QED) is 0.828. The number of nitrogens with zero attached hydrogens (tertiary/aromatic N) is 1.